The summed E-state index contributed by atoms with van der Waals surface area (Å²) in [7, 11) is 0. The lowest BCUT2D eigenvalue weighted by Gasteiger charge is -2.37. The summed E-state index contributed by atoms with van der Waals surface area (Å²) >= 11 is 0. The molecular weight excluding hydrogens is 268 g/mol. The van der Waals surface area contributed by atoms with Crippen molar-refractivity contribution in [1.29, 1.82) is 0 Å². The number of hydrogen-bond donors (Lipinski definition) is 1. The minimum Gasteiger partial charge on any atom is -0.302 e. The van der Waals surface area contributed by atoms with Crippen molar-refractivity contribution in [3.8, 4) is 0 Å². The van der Waals surface area contributed by atoms with Gasteiger partial charge in [-0.05, 0) is 36.0 Å². The van der Waals surface area contributed by atoms with Crippen LogP contribution in [0.3, 0.4) is 0 Å². The van der Waals surface area contributed by atoms with Gasteiger partial charge in [-0.3, -0.25) is 4.98 Å². The number of aromatic nitrogens is 1. The summed E-state index contributed by atoms with van der Waals surface area (Å²) in [5.74, 6) is 1.51. The average Bonchev–Trinajstić information content (AvgIpc) is 2.58. The zero-order valence-electron chi connectivity index (χ0n) is 13.6. The van der Waals surface area contributed by atoms with E-state index in [-0.39, 0.29) is 6.04 Å². The van der Waals surface area contributed by atoms with Gasteiger partial charge in [0.15, 0.2) is 0 Å². The molecule has 1 N–H and O–H groups in total. The van der Waals surface area contributed by atoms with Crippen LogP contribution in [-0.4, -0.2) is 11.0 Å². The SMILES string of the molecule is CC1CCCC(NC(c2ccccc2)c2ccccn2)C1C. The van der Waals surface area contributed by atoms with Crippen LogP contribution in [-0.2, 0) is 0 Å². The molecule has 0 aliphatic heterocycles. The summed E-state index contributed by atoms with van der Waals surface area (Å²) in [5.41, 5.74) is 2.41. The molecule has 1 aliphatic rings. The van der Waals surface area contributed by atoms with E-state index in [4.69, 9.17) is 0 Å². The molecule has 2 nitrogen and oxygen atoms in total. The van der Waals surface area contributed by atoms with Crippen LogP contribution < -0.4 is 5.32 Å². The van der Waals surface area contributed by atoms with Crippen LogP contribution in [0.2, 0.25) is 0 Å². The van der Waals surface area contributed by atoms with Gasteiger partial charge in [-0.15, -0.1) is 0 Å². The van der Waals surface area contributed by atoms with Gasteiger partial charge in [0.25, 0.3) is 0 Å². The van der Waals surface area contributed by atoms with E-state index in [2.05, 4.69) is 66.6 Å². The molecule has 1 aromatic heterocycles. The Kier molecular flexibility index (Phi) is 4.89. The Labute approximate surface area is 134 Å². The largest absolute Gasteiger partial charge is 0.302 e. The molecule has 0 bridgehead atoms. The minimum absolute atomic E-state index is 0.181. The fourth-order valence-corrected chi connectivity index (χ4v) is 3.58. The summed E-state index contributed by atoms with van der Waals surface area (Å²) < 4.78 is 0. The predicted octanol–water partition coefficient (Wildman–Crippen LogP) is 4.59. The third-order valence-corrected chi connectivity index (χ3v) is 5.20. The van der Waals surface area contributed by atoms with Gasteiger partial charge < -0.3 is 5.32 Å². The van der Waals surface area contributed by atoms with Crippen molar-refractivity contribution >= 4 is 0 Å². The summed E-state index contributed by atoms with van der Waals surface area (Å²) in [6.07, 6.45) is 5.84. The van der Waals surface area contributed by atoms with Gasteiger partial charge in [0.1, 0.15) is 0 Å². The third kappa shape index (κ3) is 3.38. The quantitative estimate of drug-likeness (QED) is 0.892. The Hall–Kier alpha value is -1.67. The molecule has 0 amide bonds. The van der Waals surface area contributed by atoms with E-state index in [0.29, 0.717) is 12.0 Å². The highest BCUT2D eigenvalue weighted by Crippen LogP contribution is 2.32. The van der Waals surface area contributed by atoms with Crippen molar-refractivity contribution in [2.45, 2.75) is 45.2 Å². The lowest BCUT2D eigenvalue weighted by molar-refractivity contribution is 0.198. The second-order valence-electron chi connectivity index (χ2n) is 6.64. The molecule has 4 unspecified atom stereocenters. The van der Waals surface area contributed by atoms with E-state index in [0.717, 1.165) is 11.6 Å². The van der Waals surface area contributed by atoms with Crippen LogP contribution in [0.25, 0.3) is 0 Å². The van der Waals surface area contributed by atoms with Crippen LogP contribution in [0.4, 0.5) is 0 Å². The van der Waals surface area contributed by atoms with Crippen LogP contribution >= 0.6 is 0 Å². The molecule has 3 rings (SSSR count). The Morgan fingerprint density at radius 3 is 2.50 bits per heavy atom. The summed E-state index contributed by atoms with van der Waals surface area (Å²) in [5, 5.41) is 3.91. The van der Waals surface area contributed by atoms with Crippen molar-refractivity contribution < 1.29 is 0 Å². The van der Waals surface area contributed by atoms with Crippen LogP contribution in [0.1, 0.15) is 50.4 Å². The number of nitrogens with zero attached hydrogens (tertiary/aromatic N) is 1. The molecule has 1 aliphatic carbocycles. The molecule has 4 atom stereocenters. The average molecular weight is 294 g/mol. The Morgan fingerprint density at radius 1 is 1.00 bits per heavy atom. The van der Waals surface area contributed by atoms with Crippen molar-refractivity contribution in [3.63, 3.8) is 0 Å². The highest BCUT2D eigenvalue weighted by atomic mass is 15.0. The van der Waals surface area contributed by atoms with Crippen molar-refractivity contribution in [2.75, 3.05) is 0 Å². The molecule has 0 spiro atoms. The maximum Gasteiger partial charge on any atom is 0.0753 e. The molecule has 0 saturated heterocycles. The van der Waals surface area contributed by atoms with Gasteiger partial charge in [0.2, 0.25) is 0 Å². The first kappa shape index (κ1) is 15.2. The molecule has 2 heteroatoms. The Morgan fingerprint density at radius 2 is 1.77 bits per heavy atom. The molecule has 1 heterocycles. The summed E-state index contributed by atoms with van der Waals surface area (Å²) in [6.45, 7) is 4.78. The monoisotopic (exact) mass is 294 g/mol. The van der Waals surface area contributed by atoms with Crippen LogP contribution in [0, 0.1) is 11.8 Å². The van der Waals surface area contributed by atoms with Gasteiger partial charge in [0.05, 0.1) is 11.7 Å². The maximum absolute atomic E-state index is 4.60. The molecule has 1 fully saturated rings. The number of pyridine rings is 1. The highest BCUT2D eigenvalue weighted by molar-refractivity contribution is 5.27. The molecule has 22 heavy (non-hydrogen) atoms. The molecule has 1 saturated carbocycles. The second kappa shape index (κ2) is 7.06. The molecule has 1 aromatic carbocycles. The van der Waals surface area contributed by atoms with Crippen molar-refractivity contribution in [3.05, 3.63) is 66.0 Å². The maximum atomic E-state index is 4.60. The molecular formula is C20H26N2. The van der Waals surface area contributed by atoms with E-state index < -0.39 is 0 Å². The van der Waals surface area contributed by atoms with E-state index in [9.17, 15) is 0 Å². The topological polar surface area (TPSA) is 24.9 Å². The van der Waals surface area contributed by atoms with Crippen molar-refractivity contribution in [2.24, 2.45) is 11.8 Å². The van der Waals surface area contributed by atoms with Crippen LogP contribution in [0.5, 0.6) is 0 Å². The second-order valence-corrected chi connectivity index (χ2v) is 6.64. The molecule has 0 radical (unpaired) electrons. The Balaban J connectivity index is 1.86. The summed E-state index contributed by atoms with van der Waals surface area (Å²) in [6, 6.07) is 17.6. The van der Waals surface area contributed by atoms with Gasteiger partial charge in [-0.2, -0.15) is 0 Å². The van der Waals surface area contributed by atoms with E-state index in [1.165, 1.54) is 24.8 Å². The highest BCUT2D eigenvalue weighted by Gasteiger charge is 2.29. The van der Waals surface area contributed by atoms with Gasteiger partial charge >= 0.3 is 0 Å². The first-order valence-electron chi connectivity index (χ1n) is 8.47. The Bertz CT molecular complexity index is 527. The third-order valence-electron chi connectivity index (χ3n) is 5.20. The first-order valence-corrected chi connectivity index (χ1v) is 8.47. The lowest BCUT2D eigenvalue weighted by atomic mass is 9.77. The van der Waals surface area contributed by atoms with E-state index in [1.54, 1.807) is 0 Å². The van der Waals surface area contributed by atoms with Crippen molar-refractivity contribution in [1.82, 2.24) is 10.3 Å². The van der Waals surface area contributed by atoms with Gasteiger partial charge in [-0.1, -0.05) is 63.1 Å². The molecule has 116 valence electrons. The fraction of sp³-hybridized carbons (Fsp3) is 0.450. The minimum atomic E-state index is 0.181. The van der Waals surface area contributed by atoms with Gasteiger partial charge in [-0.25, -0.2) is 0 Å². The first-order chi connectivity index (χ1) is 10.8. The number of hydrogen-bond acceptors (Lipinski definition) is 2. The number of rotatable bonds is 4. The zero-order chi connectivity index (χ0) is 15.4. The standard InChI is InChI=1S/C20H26N2/c1-15-9-8-13-18(16(15)2)22-20(17-10-4-3-5-11-17)19-12-6-7-14-21-19/h3-7,10-12,14-16,18,20,22H,8-9,13H2,1-2H3. The van der Waals surface area contributed by atoms with E-state index >= 15 is 0 Å². The number of nitrogens with one attached hydrogen (secondary N) is 1. The van der Waals surface area contributed by atoms with E-state index in [1.807, 2.05) is 12.3 Å². The normalized spacial score (nSPS) is 26.5. The zero-order valence-corrected chi connectivity index (χ0v) is 13.6. The predicted molar refractivity (Wildman–Crippen MR) is 91.6 cm³/mol. The van der Waals surface area contributed by atoms with Gasteiger partial charge in [0, 0.05) is 12.2 Å². The number of benzene rings is 1. The van der Waals surface area contributed by atoms with Crippen LogP contribution in [0.15, 0.2) is 54.7 Å². The summed E-state index contributed by atoms with van der Waals surface area (Å²) in [4.78, 5) is 4.60. The molecule has 2 aromatic rings. The lowest BCUT2D eigenvalue weighted by Crippen LogP contribution is -2.42. The fourth-order valence-electron chi connectivity index (χ4n) is 3.58. The smallest absolute Gasteiger partial charge is 0.0753 e.